The van der Waals surface area contributed by atoms with Crippen molar-refractivity contribution < 1.29 is 0 Å². The zero-order valence-corrected chi connectivity index (χ0v) is 14.4. The van der Waals surface area contributed by atoms with Crippen molar-refractivity contribution in [2.75, 3.05) is 5.32 Å². The minimum atomic E-state index is 0.424. The molecule has 0 spiro atoms. The van der Waals surface area contributed by atoms with Crippen LogP contribution in [0.2, 0.25) is 0 Å². The second kappa shape index (κ2) is 8.15. The number of aryl methyl sites for hydroxylation is 1. The van der Waals surface area contributed by atoms with Gasteiger partial charge in [-0.1, -0.05) is 43.3 Å². The lowest BCUT2D eigenvalue weighted by Gasteiger charge is -2.08. The van der Waals surface area contributed by atoms with Gasteiger partial charge >= 0.3 is 0 Å². The highest BCUT2D eigenvalue weighted by molar-refractivity contribution is 5.92. The van der Waals surface area contributed by atoms with Crippen LogP contribution in [0.25, 0.3) is 0 Å². The Morgan fingerprint density at radius 3 is 2.72 bits per heavy atom. The zero-order valence-electron chi connectivity index (χ0n) is 14.4. The molecule has 0 aliphatic carbocycles. The molecule has 0 fully saturated rings. The topological polar surface area (TPSA) is 68.2 Å². The normalized spacial score (nSPS) is 11.5. The van der Waals surface area contributed by atoms with Gasteiger partial charge < -0.3 is 15.6 Å². The monoisotopic (exact) mass is 333 g/mol. The van der Waals surface area contributed by atoms with Crippen molar-refractivity contribution in [2.45, 2.75) is 26.4 Å². The zero-order chi connectivity index (χ0) is 17.5. The third kappa shape index (κ3) is 4.94. The number of aliphatic imine (C=N–C) groups is 1. The van der Waals surface area contributed by atoms with Gasteiger partial charge in [-0.2, -0.15) is 0 Å². The van der Waals surface area contributed by atoms with Crippen LogP contribution in [0.5, 0.6) is 0 Å². The molecule has 25 heavy (non-hydrogen) atoms. The first-order valence-electron chi connectivity index (χ1n) is 8.42. The first kappa shape index (κ1) is 16.8. The van der Waals surface area contributed by atoms with Crippen molar-refractivity contribution in [3.8, 4) is 0 Å². The van der Waals surface area contributed by atoms with Crippen molar-refractivity contribution in [3.63, 3.8) is 0 Å². The van der Waals surface area contributed by atoms with Crippen molar-refractivity contribution in [2.24, 2.45) is 10.7 Å². The van der Waals surface area contributed by atoms with Crippen LogP contribution in [0.15, 0.2) is 72.2 Å². The molecule has 3 aromatic rings. The molecule has 0 radical (unpaired) electrons. The van der Waals surface area contributed by atoms with Gasteiger partial charge in [0.25, 0.3) is 0 Å². The van der Waals surface area contributed by atoms with E-state index in [0.29, 0.717) is 12.5 Å². The summed E-state index contributed by atoms with van der Waals surface area (Å²) in [6.07, 6.45) is 6.55. The van der Waals surface area contributed by atoms with Gasteiger partial charge in [0.05, 0.1) is 12.9 Å². The number of aromatic nitrogens is 2. The van der Waals surface area contributed by atoms with Crippen LogP contribution in [0, 0.1) is 0 Å². The van der Waals surface area contributed by atoms with Crippen LogP contribution in [0.1, 0.15) is 23.6 Å². The molecule has 3 N–H and O–H groups in total. The Labute approximate surface area is 148 Å². The van der Waals surface area contributed by atoms with E-state index >= 15 is 0 Å². The summed E-state index contributed by atoms with van der Waals surface area (Å²) in [7, 11) is 0. The molecule has 0 bridgehead atoms. The summed E-state index contributed by atoms with van der Waals surface area (Å²) in [5, 5.41) is 3.15. The van der Waals surface area contributed by atoms with Crippen LogP contribution < -0.4 is 11.1 Å². The molecule has 0 amide bonds. The van der Waals surface area contributed by atoms with E-state index in [2.05, 4.69) is 52.5 Å². The molecule has 3 rings (SSSR count). The number of benzene rings is 2. The number of imidazole rings is 1. The van der Waals surface area contributed by atoms with E-state index < -0.39 is 0 Å². The van der Waals surface area contributed by atoms with Gasteiger partial charge in [-0.25, -0.2) is 9.98 Å². The fourth-order valence-electron chi connectivity index (χ4n) is 2.65. The highest BCUT2D eigenvalue weighted by Crippen LogP contribution is 2.11. The predicted molar refractivity (Wildman–Crippen MR) is 103 cm³/mol. The first-order chi connectivity index (χ1) is 12.2. The molecule has 0 saturated carbocycles. The largest absolute Gasteiger partial charge is 0.370 e. The lowest BCUT2D eigenvalue weighted by Crippen LogP contribution is -2.22. The Morgan fingerprint density at radius 2 is 1.92 bits per heavy atom. The van der Waals surface area contributed by atoms with Gasteiger partial charge in [0.2, 0.25) is 0 Å². The second-order valence-electron chi connectivity index (χ2n) is 5.94. The number of nitrogens with one attached hydrogen (secondary N) is 1. The van der Waals surface area contributed by atoms with Crippen LogP contribution in [0.4, 0.5) is 5.69 Å². The maximum Gasteiger partial charge on any atom is 0.193 e. The summed E-state index contributed by atoms with van der Waals surface area (Å²) in [4.78, 5) is 8.52. The van der Waals surface area contributed by atoms with Gasteiger partial charge in [-0.05, 0) is 35.2 Å². The SMILES string of the molecule is CCc1cccc(NC(N)=NCc2cccc(Cn3ccnc3)c2)c1. The average molecular weight is 333 g/mol. The molecule has 0 atom stereocenters. The summed E-state index contributed by atoms with van der Waals surface area (Å²) >= 11 is 0. The number of anilines is 1. The Balaban J connectivity index is 1.62. The number of rotatable bonds is 6. The molecule has 5 heteroatoms. The summed E-state index contributed by atoms with van der Waals surface area (Å²) in [6, 6.07) is 16.6. The smallest absolute Gasteiger partial charge is 0.193 e. The maximum atomic E-state index is 6.02. The molecule has 1 heterocycles. The molecule has 1 aromatic heterocycles. The lowest BCUT2D eigenvalue weighted by molar-refractivity contribution is 0.795. The Kier molecular flexibility index (Phi) is 5.46. The summed E-state index contributed by atoms with van der Waals surface area (Å²) < 4.78 is 2.04. The van der Waals surface area contributed by atoms with Crippen LogP contribution >= 0.6 is 0 Å². The Hall–Kier alpha value is -3.08. The highest BCUT2D eigenvalue weighted by atomic mass is 15.1. The van der Waals surface area contributed by atoms with Gasteiger partial charge in [0, 0.05) is 24.6 Å². The molecule has 0 aliphatic heterocycles. The Bertz CT molecular complexity index is 837. The average Bonchev–Trinajstić information content (AvgIpc) is 3.13. The number of hydrogen-bond donors (Lipinski definition) is 2. The molecule has 5 nitrogen and oxygen atoms in total. The molecule has 128 valence electrons. The van der Waals surface area contributed by atoms with E-state index in [4.69, 9.17) is 5.73 Å². The number of guanidine groups is 1. The number of hydrogen-bond acceptors (Lipinski definition) is 2. The molecule has 0 aliphatic rings. The van der Waals surface area contributed by atoms with Gasteiger partial charge in [0.15, 0.2) is 5.96 Å². The third-order valence-corrected chi connectivity index (χ3v) is 3.96. The minimum absolute atomic E-state index is 0.424. The highest BCUT2D eigenvalue weighted by Gasteiger charge is 1.99. The summed E-state index contributed by atoms with van der Waals surface area (Å²) in [5.74, 6) is 0.424. The molecular weight excluding hydrogens is 310 g/mol. The number of nitrogens with two attached hydrogens (primary N) is 1. The molecule has 0 saturated heterocycles. The fourth-order valence-corrected chi connectivity index (χ4v) is 2.65. The van der Waals surface area contributed by atoms with E-state index in [1.807, 2.05) is 35.3 Å². The van der Waals surface area contributed by atoms with E-state index in [1.165, 1.54) is 11.1 Å². The van der Waals surface area contributed by atoms with Crippen LogP contribution in [-0.2, 0) is 19.5 Å². The van der Waals surface area contributed by atoms with Crippen molar-refractivity contribution in [1.82, 2.24) is 9.55 Å². The van der Waals surface area contributed by atoms with Crippen LogP contribution in [-0.4, -0.2) is 15.5 Å². The van der Waals surface area contributed by atoms with E-state index in [0.717, 1.165) is 24.2 Å². The molecule has 2 aromatic carbocycles. The van der Waals surface area contributed by atoms with Crippen molar-refractivity contribution in [3.05, 3.63) is 83.9 Å². The van der Waals surface area contributed by atoms with E-state index in [9.17, 15) is 0 Å². The fraction of sp³-hybridized carbons (Fsp3) is 0.200. The van der Waals surface area contributed by atoms with Gasteiger partial charge in [-0.15, -0.1) is 0 Å². The van der Waals surface area contributed by atoms with Crippen LogP contribution in [0.3, 0.4) is 0 Å². The predicted octanol–water partition coefficient (Wildman–Crippen LogP) is 3.42. The second-order valence-corrected chi connectivity index (χ2v) is 5.94. The van der Waals surface area contributed by atoms with Gasteiger partial charge in [-0.3, -0.25) is 0 Å². The molecule has 0 unspecified atom stereocenters. The quantitative estimate of drug-likeness (QED) is 0.536. The van der Waals surface area contributed by atoms with Gasteiger partial charge in [0.1, 0.15) is 0 Å². The summed E-state index contributed by atoms with van der Waals surface area (Å²) in [6.45, 7) is 3.48. The summed E-state index contributed by atoms with van der Waals surface area (Å²) in [5.41, 5.74) is 10.6. The molecular formula is C20H23N5. The maximum absolute atomic E-state index is 6.02. The number of nitrogens with zero attached hydrogens (tertiary/aromatic N) is 3. The van der Waals surface area contributed by atoms with Crippen molar-refractivity contribution >= 4 is 11.6 Å². The van der Waals surface area contributed by atoms with E-state index in [1.54, 1.807) is 6.20 Å². The standard InChI is InChI=1S/C20H23N5/c1-2-16-5-4-8-19(12-16)24-20(21)23-13-17-6-3-7-18(11-17)14-25-10-9-22-15-25/h3-12,15H,2,13-14H2,1H3,(H3,21,23,24). The van der Waals surface area contributed by atoms with E-state index in [-0.39, 0.29) is 0 Å². The first-order valence-corrected chi connectivity index (χ1v) is 8.42. The third-order valence-electron chi connectivity index (χ3n) is 3.96. The minimum Gasteiger partial charge on any atom is -0.370 e. The Morgan fingerprint density at radius 1 is 1.12 bits per heavy atom. The van der Waals surface area contributed by atoms with Crippen molar-refractivity contribution in [1.29, 1.82) is 0 Å². The lowest BCUT2D eigenvalue weighted by atomic mass is 10.1.